The molecule has 0 radical (unpaired) electrons. The zero-order valence-electron chi connectivity index (χ0n) is 10.9. The molecule has 0 heterocycles. The highest BCUT2D eigenvalue weighted by molar-refractivity contribution is 5.94. The minimum absolute atomic E-state index is 0.0250. The van der Waals surface area contributed by atoms with Crippen LogP contribution in [0.3, 0.4) is 0 Å². The number of Topliss-reactive ketones (excluding diaryl/α,β-unsaturated/α-hetero) is 1. The standard InChI is InChI=1S/C14H20O3/c1-10(2)7-8-17-13-6-5-12(11(3)15)9-14(13)16-4/h5-6,9-10H,7-8H2,1-4H3. The SMILES string of the molecule is COc1cc(C(C)=O)ccc1OCCC(C)C. The Morgan fingerprint density at radius 1 is 1.29 bits per heavy atom. The minimum atomic E-state index is 0.0250. The van der Waals surface area contributed by atoms with Crippen molar-refractivity contribution >= 4 is 5.78 Å². The maximum atomic E-state index is 11.2. The molecule has 0 fully saturated rings. The van der Waals surface area contributed by atoms with Crippen molar-refractivity contribution in [2.45, 2.75) is 27.2 Å². The van der Waals surface area contributed by atoms with Crippen molar-refractivity contribution in [1.29, 1.82) is 0 Å². The number of rotatable bonds is 6. The second-order valence-electron chi connectivity index (χ2n) is 4.45. The molecule has 94 valence electrons. The summed E-state index contributed by atoms with van der Waals surface area (Å²) < 4.78 is 10.9. The Hall–Kier alpha value is -1.51. The van der Waals surface area contributed by atoms with Crippen molar-refractivity contribution < 1.29 is 14.3 Å². The van der Waals surface area contributed by atoms with Crippen LogP contribution in [0.1, 0.15) is 37.6 Å². The van der Waals surface area contributed by atoms with E-state index in [1.54, 1.807) is 25.3 Å². The number of methoxy groups -OCH3 is 1. The quantitative estimate of drug-likeness (QED) is 0.711. The van der Waals surface area contributed by atoms with Crippen LogP contribution in [0.25, 0.3) is 0 Å². The van der Waals surface area contributed by atoms with Crippen LogP contribution >= 0.6 is 0 Å². The number of ether oxygens (including phenoxy) is 2. The lowest BCUT2D eigenvalue weighted by molar-refractivity contribution is 0.101. The van der Waals surface area contributed by atoms with Crippen LogP contribution in [-0.4, -0.2) is 19.5 Å². The van der Waals surface area contributed by atoms with E-state index in [9.17, 15) is 4.79 Å². The van der Waals surface area contributed by atoms with Crippen LogP contribution in [0.4, 0.5) is 0 Å². The van der Waals surface area contributed by atoms with E-state index in [-0.39, 0.29) is 5.78 Å². The predicted octanol–water partition coefficient (Wildman–Crippen LogP) is 3.32. The van der Waals surface area contributed by atoms with Gasteiger partial charge < -0.3 is 9.47 Å². The van der Waals surface area contributed by atoms with Gasteiger partial charge in [-0.15, -0.1) is 0 Å². The molecule has 1 rings (SSSR count). The Balaban J connectivity index is 2.75. The summed E-state index contributed by atoms with van der Waals surface area (Å²) in [6.07, 6.45) is 0.998. The lowest BCUT2D eigenvalue weighted by Crippen LogP contribution is -2.03. The summed E-state index contributed by atoms with van der Waals surface area (Å²) in [5.74, 6) is 1.94. The molecule has 3 nitrogen and oxygen atoms in total. The molecule has 1 aromatic carbocycles. The van der Waals surface area contributed by atoms with E-state index in [4.69, 9.17) is 9.47 Å². The van der Waals surface area contributed by atoms with Crippen molar-refractivity contribution in [1.82, 2.24) is 0 Å². The molecule has 0 aliphatic heterocycles. The number of hydrogen-bond acceptors (Lipinski definition) is 3. The predicted molar refractivity (Wildman–Crippen MR) is 67.9 cm³/mol. The molecule has 1 aromatic rings. The first-order valence-corrected chi connectivity index (χ1v) is 5.86. The molecule has 0 saturated heterocycles. The molecule has 0 saturated carbocycles. The fourth-order valence-corrected chi connectivity index (χ4v) is 1.41. The molecule has 0 atom stereocenters. The molecule has 0 aliphatic rings. The fourth-order valence-electron chi connectivity index (χ4n) is 1.41. The van der Waals surface area contributed by atoms with Crippen molar-refractivity contribution in [3.8, 4) is 11.5 Å². The third-order valence-electron chi connectivity index (χ3n) is 2.52. The van der Waals surface area contributed by atoms with Crippen molar-refractivity contribution in [2.75, 3.05) is 13.7 Å². The Morgan fingerprint density at radius 3 is 2.53 bits per heavy atom. The van der Waals surface area contributed by atoms with E-state index in [1.165, 1.54) is 6.92 Å². The van der Waals surface area contributed by atoms with Gasteiger partial charge in [0, 0.05) is 5.56 Å². The van der Waals surface area contributed by atoms with Gasteiger partial charge in [0.15, 0.2) is 17.3 Å². The normalized spacial score (nSPS) is 10.4. The van der Waals surface area contributed by atoms with Gasteiger partial charge >= 0.3 is 0 Å². The van der Waals surface area contributed by atoms with E-state index in [0.717, 1.165) is 6.42 Å². The molecule has 0 amide bonds. The van der Waals surface area contributed by atoms with Crippen LogP contribution < -0.4 is 9.47 Å². The van der Waals surface area contributed by atoms with Gasteiger partial charge in [0.1, 0.15) is 0 Å². The molecular formula is C14H20O3. The van der Waals surface area contributed by atoms with Crippen molar-refractivity contribution in [2.24, 2.45) is 5.92 Å². The highest BCUT2D eigenvalue weighted by Gasteiger charge is 2.08. The Kier molecular flexibility index (Phi) is 5.01. The number of carbonyl (C=O) groups is 1. The Bertz CT molecular complexity index is 383. The topological polar surface area (TPSA) is 35.5 Å². The first-order chi connectivity index (χ1) is 8.04. The second-order valence-corrected chi connectivity index (χ2v) is 4.45. The summed E-state index contributed by atoms with van der Waals surface area (Å²) in [4.78, 5) is 11.2. The lowest BCUT2D eigenvalue weighted by Gasteiger charge is -2.12. The minimum Gasteiger partial charge on any atom is -0.493 e. The van der Waals surface area contributed by atoms with E-state index in [0.29, 0.717) is 29.6 Å². The average molecular weight is 236 g/mol. The molecule has 0 N–H and O–H groups in total. The fraction of sp³-hybridized carbons (Fsp3) is 0.500. The summed E-state index contributed by atoms with van der Waals surface area (Å²) in [5, 5.41) is 0. The van der Waals surface area contributed by atoms with Gasteiger partial charge in [-0.05, 0) is 37.5 Å². The smallest absolute Gasteiger partial charge is 0.161 e. The molecule has 0 aliphatic carbocycles. The lowest BCUT2D eigenvalue weighted by atomic mass is 10.1. The zero-order valence-corrected chi connectivity index (χ0v) is 10.9. The van der Waals surface area contributed by atoms with Gasteiger partial charge in [-0.1, -0.05) is 13.8 Å². The first-order valence-electron chi connectivity index (χ1n) is 5.86. The van der Waals surface area contributed by atoms with Crippen LogP contribution in [0.5, 0.6) is 11.5 Å². The third kappa shape index (κ3) is 4.10. The van der Waals surface area contributed by atoms with Crippen LogP contribution in [0.2, 0.25) is 0 Å². The monoisotopic (exact) mass is 236 g/mol. The molecule has 0 bridgehead atoms. The average Bonchev–Trinajstić information content (AvgIpc) is 2.28. The zero-order chi connectivity index (χ0) is 12.8. The Labute approximate surface area is 103 Å². The summed E-state index contributed by atoms with van der Waals surface area (Å²) in [7, 11) is 1.58. The summed E-state index contributed by atoms with van der Waals surface area (Å²) in [5.41, 5.74) is 0.637. The summed E-state index contributed by atoms with van der Waals surface area (Å²) in [6.45, 7) is 6.50. The number of hydrogen-bond donors (Lipinski definition) is 0. The van der Waals surface area contributed by atoms with E-state index >= 15 is 0 Å². The van der Waals surface area contributed by atoms with Gasteiger partial charge in [-0.25, -0.2) is 0 Å². The highest BCUT2D eigenvalue weighted by Crippen LogP contribution is 2.28. The summed E-state index contributed by atoms with van der Waals surface area (Å²) in [6, 6.07) is 5.26. The molecule has 0 aromatic heterocycles. The maximum absolute atomic E-state index is 11.2. The van der Waals surface area contributed by atoms with Crippen molar-refractivity contribution in [3.05, 3.63) is 23.8 Å². The number of benzene rings is 1. The van der Waals surface area contributed by atoms with Gasteiger partial charge in [0.05, 0.1) is 13.7 Å². The maximum Gasteiger partial charge on any atom is 0.161 e. The van der Waals surface area contributed by atoms with Gasteiger partial charge in [-0.3, -0.25) is 4.79 Å². The molecule has 0 spiro atoms. The number of ketones is 1. The van der Waals surface area contributed by atoms with E-state index in [2.05, 4.69) is 13.8 Å². The molecule has 3 heteroatoms. The second kappa shape index (κ2) is 6.28. The number of carbonyl (C=O) groups excluding carboxylic acids is 1. The third-order valence-corrected chi connectivity index (χ3v) is 2.52. The van der Waals surface area contributed by atoms with Crippen molar-refractivity contribution in [3.63, 3.8) is 0 Å². The summed E-state index contributed by atoms with van der Waals surface area (Å²) >= 11 is 0. The van der Waals surface area contributed by atoms with Crippen LogP contribution in [-0.2, 0) is 0 Å². The molecule has 17 heavy (non-hydrogen) atoms. The molecule has 0 unspecified atom stereocenters. The Morgan fingerprint density at radius 2 is 2.00 bits per heavy atom. The highest BCUT2D eigenvalue weighted by atomic mass is 16.5. The van der Waals surface area contributed by atoms with E-state index < -0.39 is 0 Å². The van der Waals surface area contributed by atoms with Crippen LogP contribution in [0.15, 0.2) is 18.2 Å². The van der Waals surface area contributed by atoms with Crippen LogP contribution in [0, 0.1) is 5.92 Å². The molecular weight excluding hydrogens is 216 g/mol. The largest absolute Gasteiger partial charge is 0.493 e. The van der Waals surface area contributed by atoms with Gasteiger partial charge in [0.2, 0.25) is 0 Å². The first kappa shape index (κ1) is 13.6. The van der Waals surface area contributed by atoms with Gasteiger partial charge in [0.25, 0.3) is 0 Å². The van der Waals surface area contributed by atoms with E-state index in [1.807, 2.05) is 0 Å². The van der Waals surface area contributed by atoms with Gasteiger partial charge in [-0.2, -0.15) is 0 Å².